The molecule has 0 spiro atoms. The fourth-order valence-electron chi connectivity index (χ4n) is 5.17. The molecule has 2 aliphatic rings. The summed E-state index contributed by atoms with van der Waals surface area (Å²) < 4.78 is 1.61. The number of carbonyl (C=O) groups is 2. The highest BCUT2D eigenvalue weighted by Gasteiger charge is 2.47. The Morgan fingerprint density at radius 2 is 1.91 bits per heavy atom. The highest BCUT2D eigenvalue weighted by Crippen LogP contribution is 2.41. The van der Waals surface area contributed by atoms with Gasteiger partial charge in [-0.1, -0.05) is 36.6 Å². The van der Waals surface area contributed by atoms with E-state index >= 15 is 0 Å². The van der Waals surface area contributed by atoms with Crippen molar-refractivity contribution in [1.29, 1.82) is 0 Å². The number of fused-ring (bicyclic) bond motifs is 1. The van der Waals surface area contributed by atoms with Gasteiger partial charge in [-0.2, -0.15) is 4.68 Å². The number of hydrogen-bond donors (Lipinski definition) is 1. The number of rotatable bonds is 4. The molecule has 2 aromatic carbocycles. The average molecular weight is 465 g/mol. The highest BCUT2D eigenvalue weighted by atomic mass is 35.5. The molecule has 1 saturated heterocycles. The molecule has 3 aromatic rings. The molecule has 1 saturated carbocycles. The lowest BCUT2D eigenvalue weighted by Crippen LogP contribution is -2.47. The van der Waals surface area contributed by atoms with E-state index in [0.717, 1.165) is 31.4 Å². The molecule has 8 nitrogen and oxygen atoms in total. The first kappa shape index (κ1) is 21.6. The van der Waals surface area contributed by atoms with Crippen molar-refractivity contribution in [1.82, 2.24) is 25.1 Å². The van der Waals surface area contributed by atoms with E-state index in [9.17, 15) is 9.59 Å². The Hall–Kier alpha value is -3.26. The summed E-state index contributed by atoms with van der Waals surface area (Å²) in [5, 5.41) is 15.1. The van der Waals surface area contributed by atoms with Crippen molar-refractivity contribution in [3.05, 3.63) is 64.9 Å². The topological polar surface area (TPSA) is 93.0 Å². The van der Waals surface area contributed by atoms with Gasteiger partial charge < -0.3 is 10.2 Å². The molecule has 3 atom stereocenters. The Morgan fingerprint density at radius 1 is 1.09 bits per heavy atom. The maximum Gasteiger partial charge on any atom is 0.254 e. The predicted molar refractivity (Wildman–Crippen MR) is 124 cm³/mol. The summed E-state index contributed by atoms with van der Waals surface area (Å²) in [5.41, 5.74) is 1.90. The van der Waals surface area contributed by atoms with Crippen molar-refractivity contribution in [2.45, 2.75) is 51.1 Å². The van der Waals surface area contributed by atoms with Crippen molar-refractivity contribution in [2.75, 3.05) is 5.32 Å². The fourth-order valence-corrected chi connectivity index (χ4v) is 5.36. The number of hydrogen-bond acceptors (Lipinski definition) is 5. The van der Waals surface area contributed by atoms with E-state index in [1.807, 2.05) is 31.2 Å². The van der Waals surface area contributed by atoms with Crippen molar-refractivity contribution in [3.63, 3.8) is 0 Å². The Balaban J connectivity index is 1.41. The van der Waals surface area contributed by atoms with Gasteiger partial charge in [-0.25, -0.2) is 0 Å². The first-order chi connectivity index (χ1) is 16.0. The zero-order valence-electron chi connectivity index (χ0n) is 18.3. The maximum absolute atomic E-state index is 13.5. The quantitative estimate of drug-likeness (QED) is 0.629. The van der Waals surface area contributed by atoms with Gasteiger partial charge in [0.15, 0.2) is 5.82 Å². The first-order valence-corrected chi connectivity index (χ1v) is 11.6. The summed E-state index contributed by atoms with van der Waals surface area (Å²) in [4.78, 5) is 28.8. The minimum Gasteiger partial charge on any atom is -0.324 e. The van der Waals surface area contributed by atoms with Gasteiger partial charge in [-0.3, -0.25) is 9.59 Å². The molecule has 2 heterocycles. The number of halogens is 1. The predicted octanol–water partition coefficient (Wildman–Crippen LogP) is 4.04. The summed E-state index contributed by atoms with van der Waals surface area (Å²) >= 11 is 6.14. The largest absolute Gasteiger partial charge is 0.324 e. The van der Waals surface area contributed by atoms with Crippen LogP contribution in [0.2, 0.25) is 5.02 Å². The van der Waals surface area contributed by atoms with Crippen LogP contribution in [0.3, 0.4) is 0 Å². The molecule has 9 heteroatoms. The standard InChI is InChI=1S/C24H25ClN6O2/c1-15-27-28-29-31(15)20-10-5-9-19(14-20)26-23(32)22-13-16-6-2-3-11-21(16)30(22)24(33)17-7-4-8-18(25)12-17/h4-5,7-10,12,14,16,21-22H,2-3,6,11,13H2,1H3,(H,26,32). The zero-order valence-corrected chi connectivity index (χ0v) is 19.1. The fraction of sp³-hybridized carbons (Fsp3) is 0.375. The molecule has 0 bridgehead atoms. The van der Waals surface area contributed by atoms with Crippen LogP contribution in [0.1, 0.15) is 48.3 Å². The molecule has 33 heavy (non-hydrogen) atoms. The van der Waals surface area contributed by atoms with Crippen LogP contribution >= 0.6 is 11.6 Å². The number of carbonyl (C=O) groups excluding carboxylic acids is 2. The molecule has 170 valence electrons. The minimum atomic E-state index is -0.525. The third kappa shape index (κ3) is 4.23. The number of nitrogens with one attached hydrogen (secondary N) is 1. The molecule has 3 unspecified atom stereocenters. The van der Waals surface area contributed by atoms with Crippen LogP contribution < -0.4 is 5.32 Å². The third-order valence-corrected chi connectivity index (χ3v) is 6.92. The lowest BCUT2D eigenvalue weighted by Gasteiger charge is -2.33. The summed E-state index contributed by atoms with van der Waals surface area (Å²) in [6.45, 7) is 1.81. The number of benzene rings is 2. The third-order valence-electron chi connectivity index (χ3n) is 6.68. The number of nitrogens with zero attached hydrogens (tertiary/aromatic N) is 5. The molecule has 0 radical (unpaired) electrons. The van der Waals surface area contributed by atoms with Crippen molar-refractivity contribution in [3.8, 4) is 5.69 Å². The van der Waals surface area contributed by atoms with Gasteiger partial charge >= 0.3 is 0 Å². The average Bonchev–Trinajstić information content (AvgIpc) is 3.42. The molecule has 1 aliphatic heterocycles. The summed E-state index contributed by atoms with van der Waals surface area (Å²) in [6.07, 6.45) is 4.86. The van der Waals surface area contributed by atoms with Gasteiger partial charge in [0.2, 0.25) is 5.91 Å². The van der Waals surface area contributed by atoms with Gasteiger partial charge in [0.1, 0.15) is 6.04 Å². The van der Waals surface area contributed by atoms with Gasteiger partial charge in [0, 0.05) is 22.3 Å². The molecule has 1 N–H and O–H groups in total. The van der Waals surface area contributed by atoms with E-state index < -0.39 is 6.04 Å². The van der Waals surface area contributed by atoms with E-state index in [2.05, 4.69) is 20.8 Å². The first-order valence-electron chi connectivity index (χ1n) is 11.3. The monoisotopic (exact) mass is 464 g/mol. The normalized spacial score (nSPS) is 22.1. The number of aryl methyl sites for hydroxylation is 1. The molecular weight excluding hydrogens is 440 g/mol. The van der Waals surface area contributed by atoms with E-state index in [-0.39, 0.29) is 17.9 Å². The lowest BCUT2D eigenvalue weighted by atomic mass is 9.84. The number of tetrazole rings is 1. The summed E-state index contributed by atoms with van der Waals surface area (Å²) in [6, 6.07) is 13.9. The number of likely N-dealkylation sites (tertiary alicyclic amines) is 1. The molecule has 1 aliphatic carbocycles. The second-order valence-corrected chi connectivity index (χ2v) is 9.20. The van der Waals surface area contributed by atoms with E-state index in [4.69, 9.17) is 11.6 Å². The van der Waals surface area contributed by atoms with E-state index in [1.165, 1.54) is 0 Å². The molecule has 2 fully saturated rings. The van der Waals surface area contributed by atoms with Crippen molar-refractivity contribution in [2.24, 2.45) is 5.92 Å². The second-order valence-electron chi connectivity index (χ2n) is 8.76. The molecular formula is C24H25ClN6O2. The van der Waals surface area contributed by atoms with Gasteiger partial charge in [0.25, 0.3) is 5.91 Å². The van der Waals surface area contributed by atoms with Crippen LogP contribution in [0.5, 0.6) is 0 Å². The van der Waals surface area contributed by atoms with Crippen LogP contribution in [0, 0.1) is 12.8 Å². The zero-order chi connectivity index (χ0) is 22.9. The number of amides is 2. The van der Waals surface area contributed by atoms with Crippen LogP contribution in [0.15, 0.2) is 48.5 Å². The Labute approximate surface area is 196 Å². The molecule has 1 aromatic heterocycles. The van der Waals surface area contributed by atoms with Crippen LogP contribution in [0.4, 0.5) is 5.69 Å². The maximum atomic E-state index is 13.5. The molecule has 2 amide bonds. The van der Waals surface area contributed by atoms with Gasteiger partial charge in [0.05, 0.1) is 5.69 Å². The van der Waals surface area contributed by atoms with Crippen LogP contribution in [-0.2, 0) is 4.79 Å². The van der Waals surface area contributed by atoms with E-state index in [1.54, 1.807) is 33.8 Å². The Kier molecular flexibility index (Phi) is 5.85. The van der Waals surface area contributed by atoms with Gasteiger partial charge in [-0.05, 0) is 78.9 Å². The van der Waals surface area contributed by atoms with Gasteiger partial charge in [-0.15, -0.1) is 5.10 Å². The molecule has 5 rings (SSSR count). The highest BCUT2D eigenvalue weighted by molar-refractivity contribution is 6.31. The van der Waals surface area contributed by atoms with Crippen LogP contribution in [-0.4, -0.2) is 49.0 Å². The number of aromatic nitrogens is 4. The Bertz CT molecular complexity index is 1190. The second kappa shape index (κ2) is 8.94. The van der Waals surface area contributed by atoms with Crippen molar-refractivity contribution < 1.29 is 9.59 Å². The number of anilines is 1. The SMILES string of the molecule is Cc1nnnn1-c1cccc(NC(=O)C2CC3CCCCC3N2C(=O)c2cccc(Cl)c2)c1. The smallest absolute Gasteiger partial charge is 0.254 e. The van der Waals surface area contributed by atoms with Crippen molar-refractivity contribution >= 4 is 29.1 Å². The minimum absolute atomic E-state index is 0.0798. The Morgan fingerprint density at radius 3 is 2.70 bits per heavy atom. The van der Waals surface area contributed by atoms with E-state index in [0.29, 0.717) is 34.4 Å². The summed E-state index contributed by atoms with van der Waals surface area (Å²) in [5.74, 6) is 0.681. The van der Waals surface area contributed by atoms with Crippen LogP contribution in [0.25, 0.3) is 5.69 Å². The lowest BCUT2D eigenvalue weighted by molar-refractivity contribution is -0.120. The summed E-state index contributed by atoms with van der Waals surface area (Å²) in [7, 11) is 0.